The van der Waals surface area contributed by atoms with Gasteiger partial charge in [-0.2, -0.15) is 0 Å². The second-order valence-electron chi connectivity index (χ2n) is 3.74. The quantitative estimate of drug-likeness (QED) is 0.857. The fourth-order valence-corrected chi connectivity index (χ4v) is 1.62. The summed E-state index contributed by atoms with van der Waals surface area (Å²) in [6.07, 6.45) is 4.04. The molecule has 1 aromatic heterocycles. The summed E-state index contributed by atoms with van der Waals surface area (Å²) in [6, 6.07) is 3.70. The molecular formula is C11H15ClN2O. The Kier molecular flexibility index (Phi) is 3.44. The highest BCUT2D eigenvalue weighted by atomic mass is 35.5. The van der Waals surface area contributed by atoms with Gasteiger partial charge >= 0.3 is 0 Å². The molecule has 1 N–H and O–H groups in total. The van der Waals surface area contributed by atoms with Crippen molar-refractivity contribution in [1.29, 1.82) is 0 Å². The maximum absolute atomic E-state index is 6.03. The fraction of sp³-hybridized carbons (Fsp3) is 0.545. The van der Waals surface area contributed by atoms with E-state index in [0.717, 1.165) is 11.5 Å². The van der Waals surface area contributed by atoms with Gasteiger partial charge in [0, 0.05) is 7.05 Å². The van der Waals surface area contributed by atoms with Gasteiger partial charge < -0.3 is 10.1 Å². The number of hydrogen-bond donors (Lipinski definition) is 1. The highest BCUT2D eigenvalue weighted by molar-refractivity contribution is 6.31. The van der Waals surface area contributed by atoms with Crippen LogP contribution in [0.25, 0.3) is 0 Å². The Bertz CT molecular complexity index is 339. The van der Waals surface area contributed by atoms with E-state index in [9.17, 15) is 0 Å². The summed E-state index contributed by atoms with van der Waals surface area (Å²) in [5, 5.41) is 3.66. The second-order valence-corrected chi connectivity index (χ2v) is 4.15. The molecule has 82 valence electrons. The van der Waals surface area contributed by atoms with Crippen LogP contribution in [0.1, 0.15) is 25.0 Å². The number of aromatic nitrogens is 1. The van der Waals surface area contributed by atoms with E-state index in [4.69, 9.17) is 16.3 Å². The van der Waals surface area contributed by atoms with Gasteiger partial charge in [0.1, 0.15) is 5.82 Å². The van der Waals surface area contributed by atoms with Crippen LogP contribution in [0.3, 0.4) is 0 Å². The summed E-state index contributed by atoms with van der Waals surface area (Å²) in [5.41, 5.74) is 0.815. The lowest BCUT2D eigenvalue weighted by molar-refractivity contribution is -0.01000. The zero-order valence-electron chi connectivity index (χ0n) is 8.79. The predicted octanol–water partition coefficient (Wildman–Crippen LogP) is 2.85. The zero-order valence-corrected chi connectivity index (χ0v) is 9.55. The maximum atomic E-state index is 6.03. The Labute approximate surface area is 94.8 Å². The van der Waals surface area contributed by atoms with Crippen LogP contribution in [0.15, 0.2) is 12.1 Å². The Morgan fingerprint density at radius 3 is 2.93 bits per heavy atom. The number of nitrogens with one attached hydrogen (secondary N) is 1. The highest BCUT2D eigenvalue weighted by Gasteiger charge is 2.18. The van der Waals surface area contributed by atoms with E-state index in [1.165, 1.54) is 19.3 Å². The molecule has 2 rings (SSSR count). The second kappa shape index (κ2) is 4.81. The molecule has 0 aliphatic heterocycles. The van der Waals surface area contributed by atoms with Crippen molar-refractivity contribution in [3.8, 4) is 0 Å². The van der Waals surface area contributed by atoms with Crippen LogP contribution in [-0.2, 0) is 11.3 Å². The molecule has 1 aromatic rings. The molecule has 1 saturated carbocycles. The third-order valence-electron chi connectivity index (χ3n) is 2.68. The summed E-state index contributed by atoms with van der Waals surface area (Å²) < 4.78 is 5.67. The Balaban J connectivity index is 1.98. The Morgan fingerprint density at radius 2 is 2.33 bits per heavy atom. The monoisotopic (exact) mass is 226 g/mol. The van der Waals surface area contributed by atoms with E-state index in [1.54, 1.807) is 0 Å². The van der Waals surface area contributed by atoms with E-state index < -0.39 is 0 Å². The third kappa shape index (κ3) is 2.61. The van der Waals surface area contributed by atoms with Crippen LogP contribution in [0, 0.1) is 0 Å². The van der Waals surface area contributed by atoms with Crippen LogP contribution >= 0.6 is 11.6 Å². The Morgan fingerprint density at radius 1 is 1.53 bits per heavy atom. The number of nitrogens with zero attached hydrogens (tertiary/aromatic N) is 1. The first-order valence-corrected chi connectivity index (χ1v) is 5.62. The SMILES string of the molecule is CNc1ccc(Cl)c(COC2CCC2)n1. The zero-order chi connectivity index (χ0) is 10.7. The molecule has 0 spiro atoms. The molecule has 0 bridgehead atoms. The fourth-order valence-electron chi connectivity index (χ4n) is 1.46. The summed E-state index contributed by atoms with van der Waals surface area (Å²) in [5.74, 6) is 0.826. The van der Waals surface area contributed by atoms with Crippen LogP contribution in [0.5, 0.6) is 0 Å². The average Bonchev–Trinajstić information content (AvgIpc) is 2.18. The van der Waals surface area contributed by atoms with Gasteiger partial charge in [0.25, 0.3) is 0 Å². The van der Waals surface area contributed by atoms with Gasteiger partial charge in [0.15, 0.2) is 0 Å². The van der Waals surface area contributed by atoms with Gasteiger partial charge in [-0.05, 0) is 31.4 Å². The smallest absolute Gasteiger partial charge is 0.126 e. The van der Waals surface area contributed by atoms with E-state index in [1.807, 2.05) is 19.2 Å². The summed E-state index contributed by atoms with van der Waals surface area (Å²) >= 11 is 6.03. The van der Waals surface area contributed by atoms with Gasteiger partial charge in [-0.15, -0.1) is 0 Å². The number of halogens is 1. The molecule has 0 atom stereocenters. The number of anilines is 1. The van der Waals surface area contributed by atoms with Crippen LogP contribution in [0.2, 0.25) is 5.02 Å². The highest BCUT2D eigenvalue weighted by Crippen LogP contribution is 2.24. The lowest BCUT2D eigenvalue weighted by Crippen LogP contribution is -2.21. The van der Waals surface area contributed by atoms with Crippen molar-refractivity contribution in [3.05, 3.63) is 22.8 Å². The molecule has 0 saturated heterocycles. The number of hydrogen-bond acceptors (Lipinski definition) is 3. The first kappa shape index (κ1) is 10.7. The van der Waals surface area contributed by atoms with E-state index in [-0.39, 0.29) is 0 Å². The van der Waals surface area contributed by atoms with Crippen LogP contribution < -0.4 is 5.32 Å². The topological polar surface area (TPSA) is 34.1 Å². The van der Waals surface area contributed by atoms with Crippen molar-refractivity contribution < 1.29 is 4.74 Å². The molecule has 0 unspecified atom stereocenters. The normalized spacial score (nSPS) is 16.1. The molecule has 0 aromatic carbocycles. The average molecular weight is 227 g/mol. The lowest BCUT2D eigenvalue weighted by atomic mass is 9.96. The van der Waals surface area contributed by atoms with Crippen molar-refractivity contribution in [2.24, 2.45) is 0 Å². The molecule has 15 heavy (non-hydrogen) atoms. The van der Waals surface area contributed by atoms with Crippen molar-refractivity contribution in [3.63, 3.8) is 0 Å². The molecule has 3 nitrogen and oxygen atoms in total. The minimum Gasteiger partial charge on any atom is -0.373 e. The molecule has 1 fully saturated rings. The summed E-state index contributed by atoms with van der Waals surface area (Å²) in [4.78, 5) is 4.35. The first-order valence-electron chi connectivity index (χ1n) is 5.24. The van der Waals surface area contributed by atoms with E-state index in [2.05, 4.69) is 10.3 Å². The molecule has 4 heteroatoms. The van der Waals surface area contributed by atoms with Gasteiger partial charge in [0.2, 0.25) is 0 Å². The lowest BCUT2D eigenvalue weighted by Gasteiger charge is -2.25. The first-order chi connectivity index (χ1) is 7.29. The number of ether oxygens (including phenoxy) is 1. The van der Waals surface area contributed by atoms with E-state index in [0.29, 0.717) is 17.7 Å². The standard InChI is InChI=1S/C11H15ClN2O/c1-13-11-6-5-9(12)10(14-11)7-15-8-3-2-4-8/h5-6,8H,2-4,7H2,1H3,(H,13,14). The van der Waals surface area contributed by atoms with Crippen LogP contribution in [-0.4, -0.2) is 18.1 Å². The van der Waals surface area contributed by atoms with Gasteiger partial charge in [-0.1, -0.05) is 11.6 Å². The number of pyridine rings is 1. The summed E-state index contributed by atoms with van der Waals surface area (Å²) in [6.45, 7) is 0.513. The van der Waals surface area contributed by atoms with Crippen molar-refractivity contribution >= 4 is 17.4 Å². The van der Waals surface area contributed by atoms with Crippen molar-refractivity contribution in [1.82, 2.24) is 4.98 Å². The molecule has 1 heterocycles. The van der Waals surface area contributed by atoms with E-state index >= 15 is 0 Å². The maximum Gasteiger partial charge on any atom is 0.126 e. The summed E-state index contributed by atoms with van der Waals surface area (Å²) in [7, 11) is 1.84. The van der Waals surface area contributed by atoms with Gasteiger partial charge in [-0.25, -0.2) is 4.98 Å². The molecule has 0 amide bonds. The molecule has 1 aliphatic rings. The largest absolute Gasteiger partial charge is 0.373 e. The minimum atomic E-state index is 0.418. The predicted molar refractivity (Wildman–Crippen MR) is 61.2 cm³/mol. The van der Waals surface area contributed by atoms with Crippen molar-refractivity contribution in [2.75, 3.05) is 12.4 Å². The number of rotatable bonds is 4. The van der Waals surface area contributed by atoms with Gasteiger partial charge in [0.05, 0.1) is 23.4 Å². The van der Waals surface area contributed by atoms with Crippen LogP contribution in [0.4, 0.5) is 5.82 Å². The minimum absolute atomic E-state index is 0.418. The molecule has 1 aliphatic carbocycles. The molecule has 0 radical (unpaired) electrons. The third-order valence-corrected chi connectivity index (χ3v) is 3.03. The van der Waals surface area contributed by atoms with Gasteiger partial charge in [-0.3, -0.25) is 0 Å². The Hall–Kier alpha value is -0.800. The molecular weight excluding hydrogens is 212 g/mol. The van der Waals surface area contributed by atoms with Crippen molar-refractivity contribution in [2.45, 2.75) is 32.0 Å².